The maximum absolute atomic E-state index is 12.4. The molecule has 0 aliphatic rings. The molecule has 21 heavy (non-hydrogen) atoms. The van der Waals surface area contributed by atoms with Crippen molar-refractivity contribution < 1.29 is 13.0 Å². The van der Waals surface area contributed by atoms with Crippen LogP contribution in [0.4, 0.5) is 5.69 Å². The molecule has 0 bridgehead atoms. The Bertz CT molecular complexity index is 939. The Hall–Kier alpha value is -2.92. The first-order valence-corrected chi connectivity index (χ1v) is 7.33. The van der Waals surface area contributed by atoms with Crippen molar-refractivity contribution in [2.75, 3.05) is 4.72 Å². The van der Waals surface area contributed by atoms with E-state index in [0.717, 1.165) is 0 Å². The quantitative estimate of drug-likeness (QED) is 0.791. The molecule has 0 aliphatic carbocycles. The van der Waals surface area contributed by atoms with E-state index >= 15 is 0 Å². The van der Waals surface area contributed by atoms with Crippen molar-refractivity contribution >= 4 is 26.7 Å². The summed E-state index contributed by atoms with van der Waals surface area (Å²) in [5.41, 5.74) is 1.32. The third kappa shape index (κ3) is 2.42. The molecule has 8 heteroatoms. The molecule has 7 nitrogen and oxygen atoms in total. The van der Waals surface area contributed by atoms with Crippen molar-refractivity contribution in [3.63, 3.8) is 0 Å². The van der Waals surface area contributed by atoms with Crippen molar-refractivity contribution in [2.24, 2.45) is 0 Å². The Labute approximate surface area is 119 Å². The molecule has 3 rings (SSSR count). The highest BCUT2D eigenvalue weighted by atomic mass is 32.2. The van der Waals surface area contributed by atoms with E-state index in [0.29, 0.717) is 16.8 Å². The first-order chi connectivity index (χ1) is 10.1. The fourth-order valence-electron chi connectivity index (χ4n) is 1.82. The topological polar surface area (TPSA) is 109 Å². The van der Waals surface area contributed by atoms with Crippen molar-refractivity contribution in [1.29, 1.82) is 5.26 Å². The van der Waals surface area contributed by atoms with Crippen molar-refractivity contribution in [3.05, 3.63) is 48.0 Å². The molecule has 1 aromatic heterocycles. The highest BCUT2D eigenvalue weighted by Gasteiger charge is 2.20. The number of nitriles is 1. The molecule has 104 valence electrons. The van der Waals surface area contributed by atoms with Crippen LogP contribution in [0.2, 0.25) is 0 Å². The van der Waals surface area contributed by atoms with Crippen LogP contribution in [0, 0.1) is 11.3 Å². The number of anilines is 1. The largest absolute Gasteiger partial charge is 0.280 e. The van der Waals surface area contributed by atoms with E-state index in [4.69, 9.17) is 5.26 Å². The number of fused-ring (bicyclic) bond motifs is 1. The SMILES string of the molecule is N#Cc1ccc(NS(=O)(=O)c2cccc3nonc23)cc1. The third-order valence-corrected chi connectivity index (χ3v) is 4.22. The van der Waals surface area contributed by atoms with Gasteiger partial charge in [-0.15, -0.1) is 0 Å². The minimum absolute atomic E-state index is 0.0226. The summed E-state index contributed by atoms with van der Waals surface area (Å²) in [5.74, 6) is 0. The van der Waals surface area contributed by atoms with E-state index in [9.17, 15) is 8.42 Å². The molecule has 0 saturated carbocycles. The van der Waals surface area contributed by atoms with Crippen LogP contribution in [-0.4, -0.2) is 18.7 Å². The number of nitrogens with zero attached hydrogens (tertiary/aromatic N) is 3. The number of hydrogen-bond acceptors (Lipinski definition) is 6. The van der Waals surface area contributed by atoms with Gasteiger partial charge in [0.15, 0.2) is 5.52 Å². The lowest BCUT2D eigenvalue weighted by Crippen LogP contribution is -2.13. The predicted molar refractivity (Wildman–Crippen MR) is 73.8 cm³/mol. The molecule has 1 heterocycles. The van der Waals surface area contributed by atoms with Gasteiger partial charge in [0.25, 0.3) is 10.0 Å². The number of nitrogens with one attached hydrogen (secondary N) is 1. The van der Waals surface area contributed by atoms with E-state index in [2.05, 4.69) is 19.7 Å². The second-order valence-corrected chi connectivity index (χ2v) is 5.83. The van der Waals surface area contributed by atoms with Crippen LogP contribution in [-0.2, 0) is 10.0 Å². The highest BCUT2D eigenvalue weighted by Crippen LogP contribution is 2.22. The lowest BCUT2D eigenvalue weighted by molar-refractivity contribution is 0.315. The second kappa shape index (κ2) is 4.88. The summed E-state index contributed by atoms with van der Waals surface area (Å²) in [6, 6.07) is 12.6. The van der Waals surface area contributed by atoms with Crippen molar-refractivity contribution in [3.8, 4) is 6.07 Å². The number of aromatic nitrogens is 2. The molecule has 0 unspecified atom stereocenters. The summed E-state index contributed by atoms with van der Waals surface area (Å²) in [6.45, 7) is 0. The summed E-state index contributed by atoms with van der Waals surface area (Å²) in [7, 11) is -3.82. The summed E-state index contributed by atoms with van der Waals surface area (Å²) in [4.78, 5) is -0.0226. The first kappa shape index (κ1) is 13.1. The molecule has 0 spiro atoms. The maximum Gasteiger partial charge on any atom is 0.264 e. The fourth-order valence-corrected chi connectivity index (χ4v) is 3.03. The molecular formula is C13H8N4O3S. The van der Waals surface area contributed by atoms with Crippen LogP contribution in [0.3, 0.4) is 0 Å². The number of rotatable bonds is 3. The Balaban J connectivity index is 2.00. The Morgan fingerprint density at radius 1 is 1.10 bits per heavy atom. The minimum Gasteiger partial charge on any atom is -0.280 e. The third-order valence-electron chi connectivity index (χ3n) is 2.80. The fraction of sp³-hybridized carbons (Fsp3) is 0. The van der Waals surface area contributed by atoms with Crippen molar-refractivity contribution in [1.82, 2.24) is 10.3 Å². The molecule has 0 atom stereocenters. The van der Waals surface area contributed by atoms with E-state index in [1.165, 1.54) is 30.3 Å². The van der Waals surface area contributed by atoms with Gasteiger partial charge in [-0.25, -0.2) is 13.0 Å². The Morgan fingerprint density at radius 3 is 2.57 bits per heavy atom. The van der Waals surface area contributed by atoms with Gasteiger partial charge in [0, 0.05) is 5.69 Å². The summed E-state index contributed by atoms with van der Waals surface area (Å²) in [5, 5.41) is 15.9. The Kier molecular flexibility index (Phi) is 3.04. The van der Waals surface area contributed by atoms with Gasteiger partial charge in [0.2, 0.25) is 0 Å². The highest BCUT2D eigenvalue weighted by molar-refractivity contribution is 7.93. The molecule has 0 saturated heterocycles. The maximum atomic E-state index is 12.4. The van der Waals surface area contributed by atoms with Gasteiger partial charge in [-0.05, 0) is 46.7 Å². The summed E-state index contributed by atoms with van der Waals surface area (Å²) in [6.07, 6.45) is 0. The van der Waals surface area contributed by atoms with Gasteiger partial charge in [-0.3, -0.25) is 4.72 Å². The number of hydrogen-bond donors (Lipinski definition) is 1. The molecule has 1 N–H and O–H groups in total. The number of benzene rings is 2. The van der Waals surface area contributed by atoms with E-state index in [-0.39, 0.29) is 10.4 Å². The molecule has 3 aromatic rings. The van der Waals surface area contributed by atoms with Gasteiger partial charge >= 0.3 is 0 Å². The molecule has 0 fully saturated rings. The Morgan fingerprint density at radius 2 is 1.86 bits per heavy atom. The zero-order chi connectivity index (χ0) is 14.9. The predicted octanol–water partition coefficient (Wildman–Crippen LogP) is 1.90. The minimum atomic E-state index is -3.82. The zero-order valence-electron chi connectivity index (χ0n) is 10.5. The lowest BCUT2D eigenvalue weighted by Gasteiger charge is -2.07. The van der Waals surface area contributed by atoms with Crippen LogP contribution >= 0.6 is 0 Å². The van der Waals surface area contributed by atoms with Gasteiger partial charge in [0.1, 0.15) is 10.4 Å². The average molecular weight is 300 g/mol. The van der Waals surface area contributed by atoms with Crippen molar-refractivity contribution in [2.45, 2.75) is 4.90 Å². The molecule has 0 radical (unpaired) electrons. The smallest absolute Gasteiger partial charge is 0.264 e. The van der Waals surface area contributed by atoms with E-state index in [1.807, 2.05) is 6.07 Å². The van der Waals surface area contributed by atoms with Crippen LogP contribution in [0.1, 0.15) is 5.56 Å². The monoisotopic (exact) mass is 300 g/mol. The summed E-state index contributed by atoms with van der Waals surface area (Å²) >= 11 is 0. The van der Waals surface area contributed by atoms with E-state index < -0.39 is 10.0 Å². The number of sulfonamides is 1. The standard InChI is InChI=1S/C13H8N4O3S/c14-8-9-4-6-10(7-5-9)17-21(18,19)12-3-1-2-11-13(12)16-20-15-11/h1-7,17H. The normalized spacial score (nSPS) is 11.2. The van der Waals surface area contributed by atoms with Crippen LogP contribution in [0.25, 0.3) is 11.0 Å². The van der Waals surface area contributed by atoms with Crippen LogP contribution in [0.5, 0.6) is 0 Å². The van der Waals surface area contributed by atoms with E-state index in [1.54, 1.807) is 12.1 Å². The average Bonchev–Trinajstić information content (AvgIpc) is 2.95. The van der Waals surface area contributed by atoms with Gasteiger partial charge in [0.05, 0.1) is 11.6 Å². The first-order valence-electron chi connectivity index (χ1n) is 5.84. The van der Waals surface area contributed by atoms with Gasteiger partial charge < -0.3 is 0 Å². The molecule has 2 aromatic carbocycles. The van der Waals surface area contributed by atoms with Crippen LogP contribution < -0.4 is 4.72 Å². The second-order valence-electron chi connectivity index (χ2n) is 4.18. The molecular weight excluding hydrogens is 292 g/mol. The van der Waals surface area contributed by atoms with Gasteiger partial charge in [-0.2, -0.15) is 5.26 Å². The molecule has 0 amide bonds. The lowest BCUT2D eigenvalue weighted by atomic mass is 10.2. The summed E-state index contributed by atoms with van der Waals surface area (Å²) < 4.78 is 31.7. The van der Waals surface area contributed by atoms with Gasteiger partial charge in [-0.1, -0.05) is 6.07 Å². The zero-order valence-corrected chi connectivity index (χ0v) is 11.3. The van der Waals surface area contributed by atoms with Crippen LogP contribution in [0.15, 0.2) is 52.0 Å². The molecule has 0 aliphatic heterocycles.